The van der Waals surface area contributed by atoms with E-state index in [1.807, 2.05) is 0 Å². The summed E-state index contributed by atoms with van der Waals surface area (Å²) in [6, 6.07) is 7.18. The largest absolute Gasteiger partial charge is 0.465 e. The number of aromatic nitrogens is 1. The fraction of sp³-hybridized carbons (Fsp3) is 0.214. The van der Waals surface area contributed by atoms with E-state index in [4.69, 9.17) is 4.74 Å². The molecule has 0 aliphatic heterocycles. The highest BCUT2D eigenvalue weighted by molar-refractivity contribution is 5.96. The molecule has 1 aromatic carbocycles. The van der Waals surface area contributed by atoms with Crippen LogP contribution in [0.3, 0.4) is 0 Å². The number of hydrogen-bond donors (Lipinski definition) is 1. The van der Waals surface area contributed by atoms with Crippen LogP contribution in [0, 0.1) is 5.82 Å². The van der Waals surface area contributed by atoms with Crippen LogP contribution in [0.25, 0.3) is 10.9 Å². The lowest BCUT2D eigenvalue weighted by atomic mass is 10.2. The van der Waals surface area contributed by atoms with Crippen molar-refractivity contribution in [2.24, 2.45) is 0 Å². The first-order valence-electron chi connectivity index (χ1n) is 6.10. The van der Waals surface area contributed by atoms with Crippen LogP contribution in [0.1, 0.15) is 17.4 Å². The molecule has 0 saturated heterocycles. The molecule has 1 amide bonds. The summed E-state index contributed by atoms with van der Waals surface area (Å²) < 4.78 is 17.7. The Hall–Kier alpha value is -2.50. The first kappa shape index (κ1) is 13.9. The molecule has 1 N–H and O–H groups in total. The van der Waals surface area contributed by atoms with Crippen molar-refractivity contribution < 1.29 is 18.7 Å². The van der Waals surface area contributed by atoms with Gasteiger partial charge in [0, 0.05) is 5.39 Å². The molecule has 0 fully saturated rings. The number of amides is 1. The zero-order valence-electron chi connectivity index (χ0n) is 10.9. The number of fused-ring (bicyclic) bond motifs is 1. The van der Waals surface area contributed by atoms with Gasteiger partial charge in [0.2, 0.25) is 0 Å². The number of halogens is 1. The zero-order chi connectivity index (χ0) is 14.5. The Morgan fingerprint density at radius 2 is 2.10 bits per heavy atom. The molecule has 0 atom stereocenters. The number of carbonyl (C=O) groups is 2. The molecule has 0 bridgehead atoms. The Morgan fingerprint density at radius 1 is 1.30 bits per heavy atom. The van der Waals surface area contributed by atoms with E-state index in [9.17, 15) is 14.0 Å². The summed E-state index contributed by atoms with van der Waals surface area (Å²) in [4.78, 5) is 27.0. The molecular formula is C14H13FN2O3. The van der Waals surface area contributed by atoms with Gasteiger partial charge in [-0.15, -0.1) is 0 Å². The van der Waals surface area contributed by atoms with Crippen LogP contribution in [0.15, 0.2) is 30.3 Å². The van der Waals surface area contributed by atoms with E-state index in [1.165, 1.54) is 24.3 Å². The van der Waals surface area contributed by atoms with Crippen LogP contribution in [0.2, 0.25) is 0 Å². The number of carbonyl (C=O) groups excluding carboxylic acids is 2. The van der Waals surface area contributed by atoms with Gasteiger partial charge >= 0.3 is 5.97 Å². The number of rotatable bonds is 4. The van der Waals surface area contributed by atoms with Gasteiger partial charge in [0.15, 0.2) is 0 Å². The molecule has 2 aromatic rings. The predicted octanol–water partition coefficient (Wildman–Crippen LogP) is 1.67. The molecule has 104 valence electrons. The second-order valence-corrected chi connectivity index (χ2v) is 4.02. The van der Waals surface area contributed by atoms with Crippen molar-refractivity contribution in [1.82, 2.24) is 10.3 Å². The van der Waals surface area contributed by atoms with Gasteiger partial charge in [-0.3, -0.25) is 9.59 Å². The summed E-state index contributed by atoms with van der Waals surface area (Å²) >= 11 is 0. The Bertz CT molecular complexity index is 658. The van der Waals surface area contributed by atoms with Crippen molar-refractivity contribution in [2.45, 2.75) is 6.92 Å². The molecule has 0 aliphatic carbocycles. The van der Waals surface area contributed by atoms with Crippen LogP contribution in [0.5, 0.6) is 0 Å². The molecule has 0 radical (unpaired) electrons. The molecule has 20 heavy (non-hydrogen) atoms. The summed E-state index contributed by atoms with van der Waals surface area (Å²) in [5.41, 5.74) is 0.670. The average molecular weight is 276 g/mol. The Labute approximate surface area is 114 Å². The van der Waals surface area contributed by atoms with Crippen LogP contribution in [-0.2, 0) is 9.53 Å². The van der Waals surface area contributed by atoms with Crippen molar-refractivity contribution in [1.29, 1.82) is 0 Å². The number of esters is 1. The van der Waals surface area contributed by atoms with Gasteiger partial charge in [0.05, 0.1) is 12.1 Å². The van der Waals surface area contributed by atoms with Crippen molar-refractivity contribution in [3.63, 3.8) is 0 Å². The highest BCUT2D eigenvalue weighted by atomic mass is 19.1. The van der Waals surface area contributed by atoms with Crippen molar-refractivity contribution >= 4 is 22.8 Å². The fourth-order valence-corrected chi connectivity index (χ4v) is 1.68. The summed E-state index contributed by atoms with van der Waals surface area (Å²) in [6.07, 6.45) is 0. The summed E-state index contributed by atoms with van der Waals surface area (Å²) in [5, 5.41) is 3.01. The topological polar surface area (TPSA) is 68.3 Å². The van der Waals surface area contributed by atoms with Gasteiger partial charge < -0.3 is 10.1 Å². The van der Waals surface area contributed by atoms with E-state index in [2.05, 4.69) is 10.3 Å². The average Bonchev–Trinajstić information content (AvgIpc) is 2.44. The van der Waals surface area contributed by atoms with Crippen molar-refractivity contribution in [3.8, 4) is 0 Å². The van der Waals surface area contributed by atoms with E-state index < -0.39 is 11.9 Å². The Balaban J connectivity index is 2.10. The molecule has 6 heteroatoms. The van der Waals surface area contributed by atoms with E-state index in [0.29, 0.717) is 10.9 Å². The van der Waals surface area contributed by atoms with Gasteiger partial charge in [-0.05, 0) is 31.2 Å². The lowest BCUT2D eigenvalue weighted by Gasteiger charge is -2.05. The number of ether oxygens (including phenoxy) is 1. The fourth-order valence-electron chi connectivity index (χ4n) is 1.68. The number of benzene rings is 1. The van der Waals surface area contributed by atoms with E-state index in [0.717, 1.165) is 0 Å². The smallest absolute Gasteiger partial charge is 0.325 e. The first-order chi connectivity index (χ1) is 9.60. The molecule has 5 nitrogen and oxygen atoms in total. The highest BCUT2D eigenvalue weighted by Crippen LogP contribution is 2.14. The Kier molecular flexibility index (Phi) is 4.24. The SMILES string of the molecule is CCOC(=O)CNC(=O)c1ccc2cc(F)ccc2n1. The summed E-state index contributed by atoms with van der Waals surface area (Å²) in [5.74, 6) is -1.35. The second-order valence-electron chi connectivity index (χ2n) is 4.02. The maximum Gasteiger partial charge on any atom is 0.325 e. The van der Waals surface area contributed by atoms with E-state index in [-0.39, 0.29) is 24.7 Å². The lowest BCUT2D eigenvalue weighted by Crippen LogP contribution is -2.31. The minimum atomic E-state index is -0.510. The molecule has 0 unspecified atom stereocenters. The molecule has 2 rings (SSSR count). The summed E-state index contributed by atoms with van der Waals surface area (Å²) in [6.45, 7) is 1.73. The second kappa shape index (κ2) is 6.10. The van der Waals surface area contributed by atoms with Crippen molar-refractivity contribution in [2.75, 3.05) is 13.2 Å². The molecule has 0 spiro atoms. The van der Waals surface area contributed by atoms with E-state index >= 15 is 0 Å². The number of hydrogen-bond acceptors (Lipinski definition) is 4. The minimum Gasteiger partial charge on any atom is -0.465 e. The maximum atomic E-state index is 13.0. The standard InChI is InChI=1S/C14H13FN2O3/c1-2-20-13(18)8-16-14(19)12-5-3-9-7-10(15)4-6-11(9)17-12/h3-7H,2,8H2,1H3,(H,16,19). The van der Waals surface area contributed by atoms with Crippen molar-refractivity contribution in [3.05, 3.63) is 41.8 Å². The predicted molar refractivity (Wildman–Crippen MR) is 70.7 cm³/mol. The first-order valence-corrected chi connectivity index (χ1v) is 6.10. The molecular weight excluding hydrogens is 263 g/mol. The quantitative estimate of drug-likeness (QED) is 0.862. The zero-order valence-corrected chi connectivity index (χ0v) is 10.9. The highest BCUT2D eigenvalue weighted by Gasteiger charge is 2.10. The number of pyridine rings is 1. The third-order valence-corrected chi connectivity index (χ3v) is 2.58. The normalized spacial score (nSPS) is 10.3. The van der Waals surface area contributed by atoms with Gasteiger partial charge in [-0.1, -0.05) is 6.07 Å². The Morgan fingerprint density at radius 3 is 2.85 bits per heavy atom. The monoisotopic (exact) mass is 276 g/mol. The number of nitrogens with one attached hydrogen (secondary N) is 1. The van der Waals surface area contributed by atoms with Crippen LogP contribution in [-0.4, -0.2) is 30.0 Å². The van der Waals surface area contributed by atoms with Crippen LogP contribution < -0.4 is 5.32 Å². The van der Waals surface area contributed by atoms with Gasteiger partial charge in [0.25, 0.3) is 5.91 Å². The molecule has 1 heterocycles. The van der Waals surface area contributed by atoms with E-state index in [1.54, 1.807) is 13.0 Å². The molecule has 0 saturated carbocycles. The number of nitrogens with zero attached hydrogens (tertiary/aromatic N) is 1. The third kappa shape index (κ3) is 3.28. The van der Waals surface area contributed by atoms with Gasteiger partial charge in [0.1, 0.15) is 18.1 Å². The van der Waals surface area contributed by atoms with Crippen LogP contribution in [0.4, 0.5) is 4.39 Å². The van der Waals surface area contributed by atoms with Gasteiger partial charge in [-0.2, -0.15) is 0 Å². The van der Waals surface area contributed by atoms with Gasteiger partial charge in [-0.25, -0.2) is 9.37 Å². The van der Waals surface area contributed by atoms with Crippen LogP contribution >= 0.6 is 0 Å². The molecule has 0 aliphatic rings. The lowest BCUT2D eigenvalue weighted by molar-refractivity contribution is -0.141. The molecule has 1 aromatic heterocycles. The minimum absolute atomic E-state index is 0.161. The maximum absolute atomic E-state index is 13.0. The third-order valence-electron chi connectivity index (χ3n) is 2.58. The summed E-state index contributed by atoms with van der Waals surface area (Å²) in [7, 11) is 0.